The molecule has 1 aliphatic carbocycles. The Morgan fingerprint density at radius 2 is 1.83 bits per heavy atom. The highest BCUT2D eigenvalue weighted by Crippen LogP contribution is 2.27. The molecule has 8 heteroatoms. The van der Waals surface area contributed by atoms with Crippen molar-refractivity contribution in [3.05, 3.63) is 24.6 Å². The van der Waals surface area contributed by atoms with E-state index in [1.807, 2.05) is 32.9 Å². The first-order chi connectivity index (χ1) is 13.4. The van der Waals surface area contributed by atoms with Crippen LogP contribution in [0.4, 0.5) is 0 Å². The van der Waals surface area contributed by atoms with E-state index in [4.69, 9.17) is 5.73 Å². The van der Waals surface area contributed by atoms with Gasteiger partial charge in [0.05, 0.1) is 11.9 Å². The lowest BCUT2D eigenvalue weighted by molar-refractivity contribution is -0.143. The van der Waals surface area contributed by atoms with Crippen LogP contribution in [0.2, 0.25) is 0 Å². The number of rotatable bonds is 9. The minimum atomic E-state index is -0.877. The third kappa shape index (κ3) is 5.92. The Kier molecular flexibility index (Phi) is 6.87. The van der Waals surface area contributed by atoms with Gasteiger partial charge >= 0.3 is 0 Å². The number of hydrogen-bond donors (Lipinski definition) is 3. The Morgan fingerprint density at radius 1 is 1.21 bits per heavy atom. The number of nitrogens with one attached hydrogen (secondary N) is 2. The Hall–Kier alpha value is -2.64. The van der Waals surface area contributed by atoms with E-state index in [2.05, 4.69) is 17.2 Å². The van der Waals surface area contributed by atoms with Gasteiger partial charge in [0.15, 0.2) is 5.78 Å². The van der Waals surface area contributed by atoms with Crippen LogP contribution >= 0.6 is 0 Å². The van der Waals surface area contributed by atoms with E-state index in [0.29, 0.717) is 25.8 Å². The van der Waals surface area contributed by atoms with Crippen LogP contribution in [0.25, 0.3) is 0 Å². The Bertz CT molecular complexity index is 731. The molecule has 2 amide bonds. The topological polar surface area (TPSA) is 122 Å². The molecular weight excluding hydrogens is 372 g/mol. The third-order valence-corrected chi connectivity index (χ3v) is 5.23. The predicted octanol–water partition coefficient (Wildman–Crippen LogP) is 0.631. The SMILES string of the molecule is C=C(N)N[C@H](C(=O)N1CCC[C@H]1C(=O)NC(CC1C=C1)C(=O)C(C)=O)C(C)(C)C. The number of allylic oxidation sites excluding steroid dienone is 2. The van der Waals surface area contributed by atoms with E-state index in [0.717, 1.165) is 0 Å². The van der Waals surface area contributed by atoms with Gasteiger partial charge in [-0.2, -0.15) is 0 Å². The van der Waals surface area contributed by atoms with Crippen molar-refractivity contribution in [2.24, 2.45) is 17.1 Å². The van der Waals surface area contributed by atoms with E-state index in [9.17, 15) is 19.2 Å². The second-order valence-corrected chi connectivity index (χ2v) is 8.92. The van der Waals surface area contributed by atoms with Gasteiger partial charge in [-0.1, -0.05) is 39.5 Å². The van der Waals surface area contributed by atoms with Crippen LogP contribution in [0, 0.1) is 11.3 Å². The van der Waals surface area contributed by atoms with Gasteiger partial charge in [-0.3, -0.25) is 19.2 Å². The van der Waals surface area contributed by atoms with Gasteiger partial charge in [0.2, 0.25) is 17.6 Å². The van der Waals surface area contributed by atoms with Gasteiger partial charge in [-0.15, -0.1) is 0 Å². The summed E-state index contributed by atoms with van der Waals surface area (Å²) >= 11 is 0. The van der Waals surface area contributed by atoms with Crippen LogP contribution in [0.1, 0.15) is 47.0 Å². The zero-order valence-electron chi connectivity index (χ0n) is 17.7. The molecule has 0 saturated carbocycles. The van der Waals surface area contributed by atoms with Crippen LogP contribution in [-0.4, -0.2) is 53.0 Å². The number of likely N-dealkylation sites (tertiary alicyclic amines) is 1. The molecule has 1 saturated heterocycles. The molecule has 160 valence electrons. The van der Waals surface area contributed by atoms with E-state index >= 15 is 0 Å². The number of ketones is 2. The molecule has 0 spiro atoms. The first-order valence-corrected chi connectivity index (χ1v) is 9.96. The molecule has 1 unspecified atom stereocenters. The molecule has 8 nitrogen and oxygen atoms in total. The van der Waals surface area contributed by atoms with Crippen LogP contribution in [-0.2, 0) is 19.2 Å². The molecule has 4 N–H and O–H groups in total. The summed E-state index contributed by atoms with van der Waals surface area (Å²) in [5.41, 5.74) is 5.22. The monoisotopic (exact) mass is 404 g/mol. The molecule has 1 aliphatic heterocycles. The van der Waals surface area contributed by atoms with Gasteiger partial charge in [0, 0.05) is 13.5 Å². The number of carbonyl (C=O) groups is 4. The summed E-state index contributed by atoms with van der Waals surface area (Å²) in [7, 11) is 0. The first kappa shape index (κ1) is 22.6. The molecule has 0 radical (unpaired) electrons. The van der Waals surface area contributed by atoms with Crippen molar-refractivity contribution >= 4 is 23.4 Å². The number of nitrogens with zero attached hydrogens (tertiary/aromatic N) is 1. The smallest absolute Gasteiger partial charge is 0.246 e. The second kappa shape index (κ2) is 8.80. The van der Waals surface area contributed by atoms with Crippen LogP contribution in [0.5, 0.6) is 0 Å². The van der Waals surface area contributed by atoms with Crippen LogP contribution in [0.15, 0.2) is 24.6 Å². The highest BCUT2D eigenvalue weighted by atomic mass is 16.2. The molecule has 29 heavy (non-hydrogen) atoms. The molecule has 3 atom stereocenters. The largest absolute Gasteiger partial charge is 0.386 e. The summed E-state index contributed by atoms with van der Waals surface area (Å²) in [4.78, 5) is 51.5. The fraction of sp³-hybridized carbons (Fsp3) is 0.619. The normalized spacial score (nSPS) is 20.7. The van der Waals surface area contributed by atoms with Crippen molar-refractivity contribution in [1.82, 2.24) is 15.5 Å². The average molecular weight is 405 g/mol. The first-order valence-electron chi connectivity index (χ1n) is 9.96. The molecule has 1 fully saturated rings. The number of Topliss-reactive ketones (excluding diaryl/α,β-unsaturated/α-hetero) is 2. The van der Waals surface area contributed by atoms with E-state index in [1.54, 1.807) is 0 Å². The van der Waals surface area contributed by atoms with Gasteiger partial charge in [-0.05, 0) is 30.6 Å². The summed E-state index contributed by atoms with van der Waals surface area (Å²) in [5.74, 6) is -1.54. The summed E-state index contributed by atoms with van der Waals surface area (Å²) < 4.78 is 0. The molecule has 2 aliphatic rings. The molecule has 1 heterocycles. The van der Waals surface area contributed by atoms with E-state index in [-0.39, 0.29) is 17.6 Å². The lowest BCUT2D eigenvalue weighted by Crippen LogP contribution is -2.58. The average Bonchev–Trinajstić information content (AvgIpc) is 3.28. The quantitative estimate of drug-likeness (QED) is 0.383. The van der Waals surface area contributed by atoms with Crippen molar-refractivity contribution in [3.63, 3.8) is 0 Å². The maximum atomic E-state index is 13.2. The molecule has 0 aromatic rings. The van der Waals surface area contributed by atoms with Gasteiger partial charge < -0.3 is 21.3 Å². The van der Waals surface area contributed by atoms with Gasteiger partial charge in [0.25, 0.3) is 0 Å². The predicted molar refractivity (Wildman–Crippen MR) is 109 cm³/mol. The van der Waals surface area contributed by atoms with Gasteiger partial charge in [0.1, 0.15) is 12.1 Å². The Morgan fingerprint density at radius 3 is 2.31 bits per heavy atom. The highest BCUT2D eigenvalue weighted by molar-refractivity contribution is 6.38. The van der Waals surface area contributed by atoms with Crippen molar-refractivity contribution in [2.45, 2.75) is 65.1 Å². The van der Waals surface area contributed by atoms with E-state index < -0.39 is 41.0 Å². The molecule has 0 bridgehead atoms. The van der Waals surface area contributed by atoms with Crippen LogP contribution < -0.4 is 16.4 Å². The summed E-state index contributed by atoms with van der Waals surface area (Å²) in [6.07, 6.45) is 5.37. The molecule has 2 rings (SSSR count). The Balaban J connectivity index is 2.13. The van der Waals surface area contributed by atoms with Crippen molar-refractivity contribution in [3.8, 4) is 0 Å². The van der Waals surface area contributed by atoms with Crippen molar-refractivity contribution < 1.29 is 19.2 Å². The minimum absolute atomic E-state index is 0.120. The number of carbonyl (C=O) groups excluding carboxylic acids is 4. The summed E-state index contributed by atoms with van der Waals surface area (Å²) in [6.45, 7) is 11.0. The second-order valence-electron chi connectivity index (χ2n) is 8.92. The maximum Gasteiger partial charge on any atom is 0.246 e. The zero-order chi connectivity index (χ0) is 21.9. The third-order valence-electron chi connectivity index (χ3n) is 5.23. The number of nitrogens with two attached hydrogens (primary N) is 1. The number of hydrogen-bond acceptors (Lipinski definition) is 6. The summed E-state index contributed by atoms with van der Waals surface area (Å²) in [6, 6.07) is -2.20. The van der Waals surface area contributed by atoms with Gasteiger partial charge in [-0.25, -0.2) is 0 Å². The molecular formula is C21H32N4O4. The Labute approximate surface area is 171 Å². The zero-order valence-corrected chi connectivity index (χ0v) is 17.7. The lowest BCUT2D eigenvalue weighted by Gasteiger charge is -2.36. The van der Waals surface area contributed by atoms with Crippen molar-refractivity contribution in [2.75, 3.05) is 6.54 Å². The lowest BCUT2D eigenvalue weighted by atomic mass is 9.85. The molecule has 0 aromatic heterocycles. The van der Waals surface area contributed by atoms with Crippen LogP contribution in [0.3, 0.4) is 0 Å². The fourth-order valence-electron chi connectivity index (χ4n) is 3.56. The van der Waals surface area contributed by atoms with E-state index in [1.165, 1.54) is 11.8 Å². The standard InChI is InChI=1S/C21H32N4O4/c1-12(26)17(27)15(11-14-8-9-14)24-19(28)16-7-6-10-25(16)20(29)18(21(3,4)5)23-13(2)22/h8-9,14-16,18,23H,2,6-7,10-11,22H2,1,3-5H3,(H,24,28)/t15?,16-,18+/m0/s1. The molecule has 0 aromatic carbocycles. The van der Waals surface area contributed by atoms with Crippen molar-refractivity contribution in [1.29, 1.82) is 0 Å². The fourth-order valence-corrected chi connectivity index (χ4v) is 3.56. The minimum Gasteiger partial charge on any atom is -0.386 e. The summed E-state index contributed by atoms with van der Waals surface area (Å²) in [5, 5.41) is 5.63. The maximum absolute atomic E-state index is 13.2. The number of amides is 2. The highest BCUT2D eigenvalue weighted by Gasteiger charge is 2.42.